The number of sulfonamides is 1. The lowest BCUT2D eigenvalue weighted by Crippen LogP contribution is -2.55. The van der Waals surface area contributed by atoms with Crippen LogP contribution in [0, 0.1) is 24.2 Å². The van der Waals surface area contributed by atoms with E-state index in [-0.39, 0.29) is 40.1 Å². The highest BCUT2D eigenvalue weighted by atomic mass is 32.2. The van der Waals surface area contributed by atoms with Crippen molar-refractivity contribution in [1.82, 2.24) is 14.7 Å². The zero-order valence-electron chi connectivity index (χ0n) is 18.1. The van der Waals surface area contributed by atoms with E-state index in [0.717, 1.165) is 11.3 Å². The van der Waals surface area contributed by atoms with Gasteiger partial charge in [0.2, 0.25) is 10.2 Å². The number of hydrogen-bond acceptors (Lipinski definition) is 10. The topological polar surface area (TPSA) is 163 Å². The monoisotopic (exact) mass is 501 g/mol. The molecule has 1 fully saturated rings. The molecular formula is C21H19N5O6S2. The number of nitrogens with one attached hydrogen (secondary N) is 1. The van der Waals surface area contributed by atoms with Gasteiger partial charge < -0.3 is 14.7 Å². The number of pyridine rings is 1. The number of benzene rings is 1. The van der Waals surface area contributed by atoms with Crippen LogP contribution in [0.15, 0.2) is 28.6 Å². The molecule has 0 radical (unpaired) electrons. The Balaban J connectivity index is 1.46. The quantitative estimate of drug-likeness (QED) is 0.489. The Hall–Kier alpha value is -3.76. The number of nitriles is 1. The summed E-state index contributed by atoms with van der Waals surface area (Å²) in [6, 6.07) is 8.19. The molecule has 0 saturated carbocycles. The maximum absolute atomic E-state index is 12.7. The van der Waals surface area contributed by atoms with Crippen LogP contribution in [0.2, 0.25) is 0 Å². The molecule has 1 aromatic carbocycles. The number of ether oxygens (including phenoxy) is 1. The van der Waals surface area contributed by atoms with Crippen LogP contribution >= 0.6 is 11.3 Å². The van der Waals surface area contributed by atoms with Crippen LogP contribution in [-0.2, 0) is 14.8 Å². The average Bonchev–Trinajstić information content (AvgIpc) is 3.17. The minimum Gasteiger partial charge on any atom is -0.494 e. The fourth-order valence-electron chi connectivity index (χ4n) is 3.46. The van der Waals surface area contributed by atoms with Gasteiger partial charge in [-0.05, 0) is 38.1 Å². The summed E-state index contributed by atoms with van der Waals surface area (Å²) in [6.45, 7) is 4.09. The number of thiazole rings is 1. The van der Waals surface area contributed by atoms with Crippen molar-refractivity contribution in [2.75, 3.05) is 24.6 Å². The number of aryl methyl sites for hydroxylation is 1. The number of hydrogen-bond donors (Lipinski definition) is 2. The van der Waals surface area contributed by atoms with Gasteiger partial charge in [0.15, 0.2) is 0 Å². The number of anilines is 1. The molecule has 4 rings (SSSR count). The first-order valence-electron chi connectivity index (χ1n) is 10.1. The lowest BCUT2D eigenvalue weighted by Gasteiger charge is -2.39. The van der Waals surface area contributed by atoms with Gasteiger partial charge in [-0.3, -0.25) is 4.79 Å². The molecule has 11 nitrogen and oxygen atoms in total. The van der Waals surface area contributed by atoms with Crippen LogP contribution in [-0.4, -0.2) is 55.1 Å². The Morgan fingerprint density at radius 3 is 2.71 bits per heavy atom. The third kappa shape index (κ3) is 4.37. The zero-order chi connectivity index (χ0) is 24.6. The van der Waals surface area contributed by atoms with Crippen LogP contribution in [0.3, 0.4) is 0 Å². The highest BCUT2D eigenvalue weighted by molar-refractivity contribution is 7.92. The molecule has 0 aliphatic carbocycles. The number of carboxylic acids is 1. The highest BCUT2D eigenvalue weighted by Crippen LogP contribution is 2.30. The predicted octanol–water partition coefficient (Wildman–Crippen LogP) is 1.91. The summed E-state index contributed by atoms with van der Waals surface area (Å²) in [6.07, 6.45) is 0. The van der Waals surface area contributed by atoms with Crippen molar-refractivity contribution in [3.8, 4) is 11.8 Å². The summed E-state index contributed by atoms with van der Waals surface area (Å²) in [7, 11) is -4.17. The second-order valence-corrected chi connectivity index (χ2v) is 10.4. The highest BCUT2D eigenvalue weighted by Gasteiger charge is 2.37. The summed E-state index contributed by atoms with van der Waals surface area (Å²) in [5, 5.41) is 18.6. The minimum atomic E-state index is -4.17. The Morgan fingerprint density at radius 1 is 1.32 bits per heavy atom. The molecule has 0 unspecified atom stereocenters. The second-order valence-electron chi connectivity index (χ2n) is 7.52. The van der Waals surface area contributed by atoms with Gasteiger partial charge in [0, 0.05) is 13.1 Å². The molecule has 1 amide bonds. The molecule has 1 saturated heterocycles. The number of carbonyl (C=O) groups excluding carboxylic acids is 1. The molecule has 1 aliphatic heterocycles. The molecule has 176 valence electrons. The van der Waals surface area contributed by atoms with Crippen molar-refractivity contribution in [2.45, 2.75) is 18.2 Å². The summed E-state index contributed by atoms with van der Waals surface area (Å²) in [5.74, 6) is -1.68. The van der Waals surface area contributed by atoms with E-state index in [4.69, 9.17) is 4.74 Å². The van der Waals surface area contributed by atoms with E-state index in [9.17, 15) is 28.4 Å². The first-order valence-corrected chi connectivity index (χ1v) is 12.4. The van der Waals surface area contributed by atoms with Gasteiger partial charge in [0.1, 0.15) is 17.6 Å². The maximum Gasteiger partial charge on any atom is 0.337 e. The van der Waals surface area contributed by atoms with Crippen LogP contribution < -0.4 is 14.4 Å². The van der Waals surface area contributed by atoms with E-state index in [1.54, 1.807) is 23.1 Å². The maximum atomic E-state index is 12.7. The van der Waals surface area contributed by atoms with Gasteiger partial charge in [-0.15, -0.1) is 11.3 Å². The number of rotatable bonds is 7. The summed E-state index contributed by atoms with van der Waals surface area (Å²) in [5.41, 5.74) is 0.701. The lowest BCUT2D eigenvalue weighted by molar-refractivity contribution is -0.123. The third-order valence-electron chi connectivity index (χ3n) is 5.21. The SMILES string of the molecule is CCOc1ccc2nc(S(=O)(=O)NC(=O)C3CN(c4nc(C)c(C(=O)O)cc4C#N)C3)sc2c1. The van der Waals surface area contributed by atoms with Crippen molar-refractivity contribution in [3.05, 3.63) is 41.1 Å². The first-order chi connectivity index (χ1) is 16.1. The summed E-state index contributed by atoms with van der Waals surface area (Å²) < 4.78 is 33.3. The van der Waals surface area contributed by atoms with Crippen molar-refractivity contribution >= 4 is 49.3 Å². The predicted molar refractivity (Wildman–Crippen MR) is 122 cm³/mol. The average molecular weight is 502 g/mol. The molecule has 3 aromatic rings. The molecule has 34 heavy (non-hydrogen) atoms. The van der Waals surface area contributed by atoms with Gasteiger partial charge in [0.25, 0.3) is 10.0 Å². The van der Waals surface area contributed by atoms with E-state index >= 15 is 0 Å². The minimum absolute atomic E-state index is 0.0652. The Kier molecular flexibility index (Phi) is 6.11. The fourth-order valence-corrected chi connectivity index (χ4v) is 5.76. The Bertz CT molecular complexity index is 1450. The normalized spacial score (nSPS) is 13.9. The number of fused-ring (bicyclic) bond motifs is 1. The van der Waals surface area contributed by atoms with Gasteiger partial charge in [-0.2, -0.15) is 13.7 Å². The number of carbonyl (C=O) groups is 2. The zero-order valence-corrected chi connectivity index (χ0v) is 19.7. The summed E-state index contributed by atoms with van der Waals surface area (Å²) >= 11 is 0.933. The number of aromatic carboxylic acids is 1. The number of nitrogens with zero attached hydrogens (tertiary/aromatic N) is 4. The standard InChI is InChI=1S/C21H19N5O6S2/c1-3-32-14-4-5-16-17(7-14)33-21(24-16)34(30,31)25-19(27)13-9-26(10-13)18-12(8-22)6-15(20(28)29)11(2)23-18/h4-7,13H,3,9-10H2,1-2H3,(H,25,27)(H,28,29). The van der Waals surface area contributed by atoms with E-state index < -0.39 is 27.8 Å². The number of amides is 1. The Morgan fingerprint density at radius 2 is 2.06 bits per heavy atom. The van der Waals surface area contributed by atoms with Crippen molar-refractivity contribution in [3.63, 3.8) is 0 Å². The third-order valence-corrected chi connectivity index (χ3v) is 7.95. The van der Waals surface area contributed by atoms with Gasteiger partial charge in [-0.1, -0.05) is 0 Å². The molecule has 2 N–H and O–H groups in total. The van der Waals surface area contributed by atoms with E-state index in [1.807, 2.05) is 13.0 Å². The second kappa shape index (κ2) is 8.88. The largest absolute Gasteiger partial charge is 0.494 e. The Labute approximate surface area is 198 Å². The molecule has 0 spiro atoms. The molecule has 13 heteroatoms. The van der Waals surface area contributed by atoms with Crippen LogP contribution in [0.25, 0.3) is 10.2 Å². The van der Waals surface area contributed by atoms with Crippen molar-refractivity contribution in [2.24, 2.45) is 5.92 Å². The fraction of sp³-hybridized carbons (Fsp3) is 0.286. The first kappa shape index (κ1) is 23.4. The van der Waals surface area contributed by atoms with Crippen LogP contribution in [0.5, 0.6) is 5.75 Å². The van der Waals surface area contributed by atoms with Crippen molar-refractivity contribution < 1.29 is 27.9 Å². The molecule has 2 aromatic heterocycles. The van der Waals surface area contributed by atoms with E-state index in [0.29, 0.717) is 22.6 Å². The number of carboxylic acid groups (broad SMARTS) is 1. The number of aromatic nitrogens is 2. The van der Waals surface area contributed by atoms with Crippen LogP contribution in [0.1, 0.15) is 28.5 Å². The molecule has 1 aliphatic rings. The molecule has 0 atom stereocenters. The van der Waals surface area contributed by atoms with Gasteiger partial charge in [0.05, 0.1) is 39.6 Å². The van der Waals surface area contributed by atoms with Crippen LogP contribution in [0.4, 0.5) is 5.82 Å². The smallest absolute Gasteiger partial charge is 0.337 e. The summed E-state index contributed by atoms with van der Waals surface area (Å²) in [4.78, 5) is 33.8. The molecule has 3 heterocycles. The molecule has 0 bridgehead atoms. The lowest BCUT2D eigenvalue weighted by atomic mass is 9.98. The van der Waals surface area contributed by atoms with E-state index in [2.05, 4.69) is 14.7 Å². The molecular weight excluding hydrogens is 482 g/mol. The van der Waals surface area contributed by atoms with E-state index in [1.165, 1.54) is 13.0 Å². The van der Waals surface area contributed by atoms with Gasteiger partial charge >= 0.3 is 5.97 Å². The van der Waals surface area contributed by atoms with Gasteiger partial charge in [-0.25, -0.2) is 19.5 Å². The van der Waals surface area contributed by atoms with Crippen molar-refractivity contribution in [1.29, 1.82) is 5.26 Å².